The zero-order chi connectivity index (χ0) is 18.4. The molecule has 0 fully saturated rings. The van der Waals surface area contributed by atoms with Crippen LogP contribution in [0.5, 0.6) is 0 Å². The van der Waals surface area contributed by atoms with Crippen molar-refractivity contribution in [3.05, 3.63) is 59.4 Å². The van der Waals surface area contributed by atoms with Gasteiger partial charge in [-0.25, -0.2) is 9.48 Å². The summed E-state index contributed by atoms with van der Waals surface area (Å²) in [5, 5.41) is 21.3. The van der Waals surface area contributed by atoms with Gasteiger partial charge in [-0.15, -0.1) is 10.2 Å². The van der Waals surface area contributed by atoms with Crippen LogP contribution in [0.3, 0.4) is 0 Å². The average Bonchev–Trinajstić information content (AvgIpc) is 3.16. The van der Waals surface area contributed by atoms with Gasteiger partial charge in [0.15, 0.2) is 5.82 Å². The summed E-state index contributed by atoms with van der Waals surface area (Å²) in [6, 6.07) is 10.6. The molecule has 0 saturated heterocycles. The van der Waals surface area contributed by atoms with E-state index in [-0.39, 0.29) is 6.03 Å². The van der Waals surface area contributed by atoms with Gasteiger partial charge in [0, 0.05) is 25.5 Å². The number of aryl methyl sites for hydroxylation is 1. The Morgan fingerprint density at radius 2 is 2.08 bits per heavy atom. The van der Waals surface area contributed by atoms with Crippen molar-refractivity contribution in [1.82, 2.24) is 25.3 Å². The van der Waals surface area contributed by atoms with Crippen LogP contribution in [0.2, 0.25) is 5.02 Å². The van der Waals surface area contributed by atoms with Gasteiger partial charge in [-0.05, 0) is 42.8 Å². The molecule has 1 aromatic carbocycles. The summed E-state index contributed by atoms with van der Waals surface area (Å²) in [4.78, 5) is 11.9. The number of carbonyl (C=O) groups is 1. The standard InChI is InChI=1S/C17H18ClN7O/c1-12-3-4-14(13(18)11-12)22-17(26)20-9-8-19-15-5-6-16(24-23-15)25-10-2-7-21-25/h2-7,10-11H,8-9H2,1H3,(H,19,23)(H2,20,22,26). The SMILES string of the molecule is Cc1ccc(NC(=O)NCCNc2ccc(-n3cccn3)nn2)c(Cl)c1. The molecule has 2 heterocycles. The van der Waals surface area contributed by atoms with Crippen LogP contribution in [0.4, 0.5) is 16.3 Å². The summed E-state index contributed by atoms with van der Waals surface area (Å²) in [5.41, 5.74) is 1.60. The zero-order valence-electron chi connectivity index (χ0n) is 14.1. The van der Waals surface area contributed by atoms with Crippen molar-refractivity contribution in [2.45, 2.75) is 6.92 Å². The van der Waals surface area contributed by atoms with Crippen molar-refractivity contribution in [1.29, 1.82) is 0 Å². The second-order valence-electron chi connectivity index (χ2n) is 5.52. The number of nitrogens with zero attached hydrogens (tertiary/aromatic N) is 4. The molecule has 0 atom stereocenters. The fourth-order valence-electron chi connectivity index (χ4n) is 2.20. The normalized spacial score (nSPS) is 10.4. The summed E-state index contributed by atoms with van der Waals surface area (Å²) >= 11 is 6.09. The van der Waals surface area contributed by atoms with Crippen molar-refractivity contribution in [2.75, 3.05) is 23.7 Å². The Morgan fingerprint density at radius 3 is 2.77 bits per heavy atom. The molecule has 0 aliphatic carbocycles. The molecule has 0 aliphatic rings. The number of anilines is 2. The summed E-state index contributed by atoms with van der Waals surface area (Å²) in [7, 11) is 0. The Morgan fingerprint density at radius 1 is 1.19 bits per heavy atom. The number of hydrogen-bond donors (Lipinski definition) is 3. The molecular formula is C17H18ClN7O. The molecule has 0 aliphatic heterocycles. The molecule has 0 radical (unpaired) electrons. The second kappa shape index (κ2) is 8.30. The van der Waals surface area contributed by atoms with Crippen molar-refractivity contribution >= 4 is 29.1 Å². The summed E-state index contributed by atoms with van der Waals surface area (Å²) < 4.78 is 1.62. The van der Waals surface area contributed by atoms with Gasteiger partial charge in [0.1, 0.15) is 5.82 Å². The highest BCUT2D eigenvalue weighted by atomic mass is 35.5. The minimum atomic E-state index is -0.322. The van der Waals surface area contributed by atoms with Crippen LogP contribution in [0.1, 0.15) is 5.56 Å². The number of carbonyl (C=O) groups excluding carboxylic acids is 1. The molecule has 2 aromatic heterocycles. The lowest BCUT2D eigenvalue weighted by Gasteiger charge is -2.10. The van der Waals surface area contributed by atoms with E-state index in [2.05, 4.69) is 31.2 Å². The molecule has 0 unspecified atom stereocenters. The molecule has 0 bridgehead atoms. The van der Waals surface area contributed by atoms with Gasteiger partial charge in [-0.1, -0.05) is 17.7 Å². The largest absolute Gasteiger partial charge is 0.367 e. The summed E-state index contributed by atoms with van der Waals surface area (Å²) in [6.07, 6.45) is 3.47. The first-order valence-electron chi connectivity index (χ1n) is 8.00. The minimum Gasteiger partial charge on any atom is -0.367 e. The van der Waals surface area contributed by atoms with E-state index in [1.165, 1.54) is 0 Å². The third-order valence-corrected chi connectivity index (χ3v) is 3.79. The maximum Gasteiger partial charge on any atom is 0.319 e. The third-order valence-electron chi connectivity index (χ3n) is 3.48. The molecule has 134 valence electrons. The molecule has 2 amide bonds. The number of nitrogens with one attached hydrogen (secondary N) is 3. The van der Waals surface area contributed by atoms with Crippen molar-refractivity contribution in [3.8, 4) is 5.82 Å². The lowest BCUT2D eigenvalue weighted by Crippen LogP contribution is -2.32. The molecule has 3 aromatic rings. The second-order valence-corrected chi connectivity index (χ2v) is 5.93. The molecule has 0 saturated carbocycles. The van der Waals surface area contributed by atoms with Gasteiger partial charge in [-0.2, -0.15) is 5.10 Å². The molecular weight excluding hydrogens is 354 g/mol. The Kier molecular flexibility index (Phi) is 5.65. The van der Waals surface area contributed by atoms with E-state index >= 15 is 0 Å². The van der Waals surface area contributed by atoms with Gasteiger partial charge < -0.3 is 16.0 Å². The first-order chi connectivity index (χ1) is 12.6. The van der Waals surface area contributed by atoms with E-state index in [0.29, 0.717) is 35.4 Å². The number of urea groups is 1. The summed E-state index contributed by atoms with van der Waals surface area (Å²) in [6.45, 7) is 2.86. The predicted molar refractivity (Wildman–Crippen MR) is 101 cm³/mol. The number of rotatable bonds is 6. The van der Waals surface area contributed by atoms with E-state index in [1.54, 1.807) is 35.3 Å². The van der Waals surface area contributed by atoms with E-state index in [0.717, 1.165) is 5.56 Å². The highest BCUT2D eigenvalue weighted by Crippen LogP contribution is 2.22. The fourth-order valence-corrected chi connectivity index (χ4v) is 2.48. The number of benzene rings is 1. The molecule has 8 nitrogen and oxygen atoms in total. The van der Waals surface area contributed by atoms with Gasteiger partial charge in [0.25, 0.3) is 0 Å². The van der Waals surface area contributed by atoms with E-state index in [9.17, 15) is 4.79 Å². The number of amides is 2. The van der Waals surface area contributed by atoms with E-state index in [1.807, 2.05) is 25.1 Å². The van der Waals surface area contributed by atoms with Gasteiger partial charge in [0.2, 0.25) is 0 Å². The van der Waals surface area contributed by atoms with Crippen LogP contribution >= 0.6 is 11.6 Å². The van der Waals surface area contributed by atoms with Crippen LogP contribution < -0.4 is 16.0 Å². The van der Waals surface area contributed by atoms with Crippen LogP contribution in [-0.4, -0.2) is 39.1 Å². The summed E-state index contributed by atoms with van der Waals surface area (Å²) in [5.74, 6) is 1.25. The van der Waals surface area contributed by atoms with Crippen LogP contribution in [0.15, 0.2) is 48.8 Å². The van der Waals surface area contributed by atoms with Gasteiger partial charge >= 0.3 is 6.03 Å². The number of hydrogen-bond acceptors (Lipinski definition) is 5. The Labute approximate surface area is 155 Å². The zero-order valence-corrected chi connectivity index (χ0v) is 14.9. The van der Waals surface area contributed by atoms with Crippen LogP contribution in [0.25, 0.3) is 5.82 Å². The van der Waals surface area contributed by atoms with Crippen molar-refractivity contribution < 1.29 is 4.79 Å². The molecule has 26 heavy (non-hydrogen) atoms. The molecule has 0 spiro atoms. The fraction of sp³-hybridized carbons (Fsp3) is 0.176. The maximum absolute atomic E-state index is 11.9. The van der Waals surface area contributed by atoms with Crippen molar-refractivity contribution in [2.24, 2.45) is 0 Å². The Hall–Kier alpha value is -3.13. The Bertz CT molecular complexity index is 865. The number of halogens is 1. The predicted octanol–water partition coefficient (Wildman–Crippen LogP) is 2.86. The smallest absolute Gasteiger partial charge is 0.319 e. The highest BCUT2D eigenvalue weighted by molar-refractivity contribution is 6.33. The first-order valence-corrected chi connectivity index (χ1v) is 8.38. The van der Waals surface area contributed by atoms with Crippen LogP contribution in [-0.2, 0) is 0 Å². The van der Waals surface area contributed by atoms with Gasteiger partial charge in [0.05, 0.1) is 10.7 Å². The molecule has 3 rings (SSSR count). The average molecular weight is 372 g/mol. The van der Waals surface area contributed by atoms with Crippen LogP contribution in [0, 0.1) is 6.92 Å². The monoisotopic (exact) mass is 371 g/mol. The lowest BCUT2D eigenvalue weighted by atomic mass is 10.2. The topological polar surface area (TPSA) is 96.8 Å². The Balaban J connectivity index is 1.41. The maximum atomic E-state index is 11.9. The first kappa shape index (κ1) is 17.7. The van der Waals surface area contributed by atoms with Gasteiger partial charge in [-0.3, -0.25) is 0 Å². The van der Waals surface area contributed by atoms with Crippen molar-refractivity contribution in [3.63, 3.8) is 0 Å². The molecule has 3 N–H and O–H groups in total. The third kappa shape index (κ3) is 4.70. The quantitative estimate of drug-likeness (QED) is 0.579. The van der Waals surface area contributed by atoms with E-state index < -0.39 is 0 Å². The molecule has 9 heteroatoms. The highest BCUT2D eigenvalue weighted by Gasteiger charge is 2.05. The number of aromatic nitrogens is 4. The lowest BCUT2D eigenvalue weighted by molar-refractivity contribution is 0.252. The van der Waals surface area contributed by atoms with E-state index in [4.69, 9.17) is 11.6 Å². The minimum absolute atomic E-state index is 0.322.